The Balaban J connectivity index is 0. The minimum absolute atomic E-state index is 0. The summed E-state index contributed by atoms with van der Waals surface area (Å²) in [5.41, 5.74) is 0. The topological polar surface area (TPSA) is 37.3 Å². The molecule has 0 saturated carbocycles. The van der Waals surface area contributed by atoms with Crippen molar-refractivity contribution in [1.29, 1.82) is 0 Å². The second-order valence-electron chi connectivity index (χ2n) is 3.97. The molecule has 0 aromatic rings. The third-order valence-electron chi connectivity index (χ3n) is 2.49. The smallest absolute Gasteiger partial charge is 0.303 e. The van der Waals surface area contributed by atoms with Crippen molar-refractivity contribution in [2.24, 2.45) is 0 Å². The Bertz CT molecular complexity index is 138. The van der Waals surface area contributed by atoms with Gasteiger partial charge in [-0.2, -0.15) is 0 Å². The first-order chi connectivity index (χ1) is 6.77. The van der Waals surface area contributed by atoms with E-state index in [2.05, 4.69) is 6.92 Å². The summed E-state index contributed by atoms with van der Waals surface area (Å²) >= 11 is 0. The molecule has 0 aliphatic heterocycles. The number of hydrogen-bond acceptors (Lipinski definition) is 1. The van der Waals surface area contributed by atoms with Gasteiger partial charge in [0.1, 0.15) is 0 Å². The van der Waals surface area contributed by atoms with Gasteiger partial charge in [-0.3, -0.25) is 4.79 Å². The molecule has 1 N–H and O–H groups in total. The number of aliphatic carboxylic acids is 1. The average Bonchev–Trinajstić information content (AvgIpc) is 2.15. The normalized spacial score (nSPS) is 9.67. The van der Waals surface area contributed by atoms with Crippen LogP contribution in [0, 0.1) is 0 Å². The molecule has 0 aliphatic rings. The standard InChI is InChI=1S/C12H24O2.Na/c1-2-3-4-5-6-7-8-9-10-11-12(13)14;/h2-11H2,1H3,(H,13,14);. The van der Waals surface area contributed by atoms with Crippen LogP contribution in [-0.2, 0) is 4.79 Å². The van der Waals surface area contributed by atoms with Gasteiger partial charge in [0.15, 0.2) is 0 Å². The van der Waals surface area contributed by atoms with Crippen LogP contribution in [0.3, 0.4) is 0 Å². The predicted octanol–water partition coefficient (Wildman–Crippen LogP) is 3.61. The van der Waals surface area contributed by atoms with E-state index in [0.717, 1.165) is 12.8 Å². The molecule has 0 atom stereocenters. The first-order valence-corrected chi connectivity index (χ1v) is 5.99. The quantitative estimate of drug-likeness (QED) is 0.454. The van der Waals surface area contributed by atoms with E-state index in [4.69, 9.17) is 5.11 Å². The van der Waals surface area contributed by atoms with Crippen molar-refractivity contribution in [3.05, 3.63) is 0 Å². The summed E-state index contributed by atoms with van der Waals surface area (Å²) in [5, 5.41) is 8.41. The van der Waals surface area contributed by atoms with Crippen molar-refractivity contribution in [3.8, 4) is 0 Å². The average molecular weight is 223 g/mol. The number of carboxylic acids is 1. The number of unbranched alkanes of at least 4 members (excludes halogenated alkanes) is 8. The fourth-order valence-electron chi connectivity index (χ4n) is 1.59. The minimum Gasteiger partial charge on any atom is -0.481 e. The zero-order valence-electron chi connectivity index (χ0n) is 10.4. The summed E-state index contributed by atoms with van der Waals surface area (Å²) in [6.07, 6.45) is 11.5. The van der Waals surface area contributed by atoms with Gasteiger partial charge in [-0.15, -0.1) is 0 Å². The Labute approximate surface area is 116 Å². The van der Waals surface area contributed by atoms with E-state index in [1.807, 2.05) is 0 Å². The Kier molecular flexibility index (Phi) is 17.2. The Morgan fingerprint density at radius 1 is 0.867 bits per heavy atom. The van der Waals surface area contributed by atoms with E-state index in [0.29, 0.717) is 6.42 Å². The van der Waals surface area contributed by atoms with E-state index >= 15 is 0 Å². The van der Waals surface area contributed by atoms with Gasteiger partial charge in [-0.05, 0) is 6.42 Å². The summed E-state index contributed by atoms with van der Waals surface area (Å²) in [6.45, 7) is 2.23. The number of carbonyl (C=O) groups is 1. The van der Waals surface area contributed by atoms with Crippen LogP contribution in [0.4, 0.5) is 0 Å². The predicted molar refractivity (Wildman–Crippen MR) is 65.2 cm³/mol. The molecule has 0 bridgehead atoms. The first-order valence-electron chi connectivity index (χ1n) is 5.99. The van der Waals surface area contributed by atoms with Gasteiger partial charge in [-0.1, -0.05) is 58.3 Å². The monoisotopic (exact) mass is 223 g/mol. The van der Waals surface area contributed by atoms with Crippen LogP contribution in [-0.4, -0.2) is 40.6 Å². The van der Waals surface area contributed by atoms with E-state index in [1.54, 1.807) is 0 Å². The molecule has 0 spiro atoms. The van der Waals surface area contributed by atoms with Crippen LogP contribution in [0.15, 0.2) is 0 Å². The van der Waals surface area contributed by atoms with Crippen LogP contribution < -0.4 is 0 Å². The molecule has 3 heteroatoms. The molecule has 0 fully saturated rings. The van der Waals surface area contributed by atoms with E-state index < -0.39 is 5.97 Å². The third-order valence-corrected chi connectivity index (χ3v) is 2.49. The van der Waals surface area contributed by atoms with E-state index in [9.17, 15) is 4.79 Å². The van der Waals surface area contributed by atoms with Crippen molar-refractivity contribution in [2.75, 3.05) is 0 Å². The molecular weight excluding hydrogens is 199 g/mol. The number of carboxylic acid groups (broad SMARTS) is 1. The van der Waals surface area contributed by atoms with Gasteiger partial charge in [0.05, 0.1) is 0 Å². The maximum atomic E-state index is 10.2. The molecule has 0 rings (SSSR count). The second kappa shape index (κ2) is 14.5. The van der Waals surface area contributed by atoms with Gasteiger partial charge in [0.2, 0.25) is 0 Å². The molecule has 85 valence electrons. The molecule has 0 aromatic carbocycles. The number of hydrogen-bond donors (Lipinski definition) is 1. The van der Waals surface area contributed by atoms with Gasteiger partial charge in [0, 0.05) is 36.0 Å². The second-order valence-corrected chi connectivity index (χ2v) is 3.97. The van der Waals surface area contributed by atoms with Gasteiger partial charge >= 0.3 is 5.97 Å². The zero-order valence-corrected chi connectivity index (χ0v) is 12.4. The van der Waals surface area contributed by atoms with Crippen molar-refractivity contribution >= 4 is 35.5 Å². The van der Waals surface area contributed by atoms with Gasteiger partial charge in [0.25, 0.3) is 0 Å². The summed E-state index contributed by atoms with van der Waals surface area (Å²) in [7, 11) is 0. The van der Waals surface area contributed by atoms with E-state index in [-0.39, 0.29) is 29.6 Å². The molecule has 15 heavy (non-hydrogen) atoms. The number of rotatable bonds is 10. The van der Waals surface area contributed by atoms with Crippen molar-refractivity contribution in [3.63, 3.8) is 0 Å². The van der Waals surface area contributed by atoms with E-state index in [1.165, 1.54) is 44.9 Å². The maximum absolute atomic E-state index is 10.2. The minimum atomic E-state index is -0.659. The molecule has 0 aliphatic carbocycles. The summed E-state index contributed by atoms with van der Waals surface area (Å²) in [6, 6.07) is 0. The molecule has 0 saturated heterocycles. The van der Waals surface area contributed by atoms with Crippen LogP contribution in [0.2, 0.25) is 0 Å². The molecular formula is C12H24NaO2. The molecule has 0 heterocycles. The van der Waals surface area contributed by atoms with Crippen LogP contribution in [0.5, 0.6) is 0 Å². The van der Waals surface area contributed by atoms with Crippen LogP contribution in [0.1, 0.15) is 71.1 Å². The molecule has 0 amide bonds. The SMILES string of the molecule is CCCCCCCCCCCC(=O)O.[Na]. The Morgan fingerprint density at radius 2 is 1.27 bits per heavy atom. The van der Waals surface area contributed by atoms with Crippen LogP contribution in [0.25, 0.3) is 0 Å². The summed E-state index contributed by atoms with van der Waals surface area (Å²) < 4.78 is 0. The fourth-order valence-corrected chi connectivity index (χ4v) is 1.59. The largest absolute Gasteiger partial charge is 0.481 e. The van der Waals surface area contributed by atoms with Crippen molar-refractivity contribution in [2.45, 2.75) is 71.1 Å². The summed E-state index contributed by atoms with van der Waals surface area (Å²) in [5.74, 6) is -0.659. The third kappa shape index (κ3) is 17.1. The Morgan fingerprint density at radius 3 is 1.67 bits per heavy atom. The van der Waals surface area contributed by atoms with Gasteiger partial charge < -0.3 is 5.11 Å². The molecule has 0 unspecified atom stereocenters. The van der Waals surface area contributed by atoms with Crippen molar-refractivity contribution in [1.82, 2.24) is 0 Å². The molecule has 0 aromatic heterocycles. The first kappa shape index (κ1) is 17.9. The van der Waals surface area contributed by atoms with Gasteiger partial charge in [-0.25, -0.2) is 0 Å². The molecule has 2 nitrogen and oxygen atoms in total. The Hall–Kier alpha value is 0.470. The maximum Gasteiger partial charge on any atom is 0.303 e. The van der Waals surface area contributed by atoms with Crippen LogP contribution >= 0.6 is 0 Å². The van der Waals surface area contributed by atoms with Crippen molar-refractivity contribution < 1.29 is 9.90 Å². The zero-order chi connectivity index (χ0) is 10.6. The molecule has 1 radical (unpaired) electrons. The fraction of sp³-hybridized carbons (Fsp3) is 0.917. The summed E-state index contributed by atoms with van der Waals surface area (Å²) in [4.78, 5) is 10.2.